The quantitative estimate of drug-likeness (QED) is 0.711. The third-order valence-electron chi connectivity index (χ3n) is 2.59. The smallest absolute Gasteiger partial charge is 0.335 e. The van der Waals surface area contributed by atoms with Crippen LogP contribution in [0.2, 0.25) is 0 Å². The highest BCUT2D eigenvalue weighted by molar-refractivity contribution is 5.89. The molecule has 1 aromatic carbocycles. The van der Waals surface area contributed by atoms with Crippen molar-refractivity contribution in [1.82, 2.24) is 20.4 Å². The van der Waals surface area contributed by atoms with Crippen molar-refractivity contribution in [3.8, 4) is 11.3 Å². The lowest BCUT2D eigenvalue weighted by Gasteiger charge is -2.01. The minimum absolute atomic E-state index is 0.231. The molecule has 0 atom stereocenters. The van der Waals surface area contributed by atoms with Gasteiger partial charge in [-0.1, -0.05) is 12.1 Å². The summed E-state index contributed by atoms with van der Waals surface area (Å²) in [5.41, 5.74) is 2.82. The fraction of sp³-hybridized carbons (Fsp3) is 0. The number of hydrogen-bond acceptors (Lipinski definition) is 4. The molecular weight excluding hydrogens is 232 g/mol. The van der Waals surface area contributed by atoms with Crippen molar-refractivity contribution in [3.63, 3.8) is 0 Å². The van der Waals surface area contributed by atoms with E-state index in [0.29, 0.717) is 16.9 Å². The first-order valence-electron chi connectivity index (χ1n) is 5.25. The minimum atomic E-state index is -0.959. The summed E-state index contributed by atoms with van der Waals surface area (Å²) >= 11 is 0. The van der Waals surface area contributed by atoms with Gasteiger partial charge in [0.15, 0.2) is 0 Å². The number of hydrogen-bond donors (Lipinski definition) is 2. The van der Waals surface area contributed by atoms with E-state index < -0.39 is 5.97 Å². The molecular formula is C12H8N4O2. The number of carbonyl (C=O) groups is 1. The highest BCUT2D eigenvalue weighted by Gasteiger charge is 2.07. The fourth-order valence-corrected chi connectivity index (χ4v) is 1.71. The average molecular weight is 240 g/mol. The molecule has 2 N–H and O–H groups in total. The summed E-state index contributed by atoms with van der Waals surface area (Å²) in [5, 5.41) is 19.2. The second-order valence-corrected chi connectivity index (χ2v) is 3.75. The Labute approximate surface area is 101 Å². The zero-order valence-corrected chi connectivity index (χ0v) is 9.16. The molecule has 3 rings (SSSR count). The van der Waals surface area contributed by atoms with Gasteiger partial charge >= 0.3 is 5.97 Å². The molecule has 0 aliphatic carbocycles. The van der Waals surface area contributed by atoms with Gasteiger partial charge in [-0.2, -0.15) is 10.3 Å². The molecule has 6 nitrogen and oxygen atoms in total. The lowest BCUT2D eigenvalue weighted by Crippen LogP contribution is -1.96. The van der Waals surface area contributed by atoms with Gasteiger partial charge in [0.2, 0.25) is 5.65 Å². The Bertz CT molecular complexity index is 736. The number of aromatic nitrogens is 4. The molecule has 0 aliphatic rings. The SMILES string of the molecule is O=C(O)c1cccc(-c2ccc3n[nH]nc3n2)c1. The topological polar surface area (TPSA) is 91.8 Å². The summed E-state index contributed by atoms with van der Waals surface area (Å²) in [4.78, 5) is 15.2. The van der Waals surface area contributed by atoms with Crippen LogP contribution in [0.25, 0.3) is 22.4 Å². The van der Waals surface area contributed by atoms with Crippen LogP contribution in [0.3, 0.4) is 0 Å². The first kappa shape index (κ1) is 10.4. The van der Waals surface area contributed by atoms with Crippen LogP contribution >= 0.6 is 0 Å². The number of benzene rings is 1. The zero-order chi connectivity index (χ0) is 12.5. The van der Waals surface area contributed by atoms with Gasteiger partial charge in [0.1, 0.15) is 5.52 Å². The van der Waals surface area contributed by atoms with E-state index in [2.05, 4.69) is 20.4 Å². The maximum absolute atomic E-state index is 10.9. The molecule has 2 aromatic heterocycles. The van der Waals surface area contributed by atoms with Gasteiger partial charge in [0.25, 0.3) is 0 Å². The number of H-pyrrole nitrogens is 1. The van der Waals surface area contributed by atoms with E-state index in [1.807, 2.05) is 0 Å². The van der Waals surface area contributed by atoms with Crippen molar-refractivity contribution in [3.05, 3.63) is 42.0 Å². The number of fused-ring (bicyclic) bond motifs is 1. The van der Waals surface area contributed by atoms with Crippen LogP contribution in [-0.4, -0.2) is 31.5 Å². The summed E-state index contributed by atoms with van der Waals surface area (Å²) < 4.78 is 0. The number of nitrogens with zero attached hydrogens (tertiary/aromatic N) is 3. The second kappa shape index (κ2) is 3.92. The number of aromatic carboxylic acids is 1. The number of pyridine rings is 1. The van der Waals surface area contributed by atoms with Crippen LogP contribution in [0.4, 0.5) is 0 Å². The van der Waals surface area contributed by atoms with Gasteiger partial charge in [-0.3, -0.25) is 0 Å². The summed E-state index contributed by atoms with van der Waals surface area (Å²) in [5.74, 6) is -0.959. The van der Waals surface area contributed by atoms with Gasteiger partial charge < -0.3 is 5.11 Å². The fourth-order valence-electron chi connectivity index (χ4n) is 1.71. The zero-order valence-electron chi connectivity index (χ0n) is 9.16. The van der Waals surface area contributed by atoms with E-state index in [-0.39, 0.29) is 5.56 Å². The average Bonchev–Trinajstić information content (AvgIpc) is 2.86. The summed E-state index contributed by atoms with van der Waals surface area (Å²) in [6, 6.07) is 10.2. The van der Waals surface area contributed by atoms with E-state index in [9.17, 15) is 4.79 Å². The summed E-state index contributed by atoms with van der Waals surface area (Å²) in [7, 11) is 0. The second-order valence-electron chi connectivity index (χ2n) is 3.75. The molecule has 0 radical (unpaired) electrons. The molecule has 0 aliphatic heterocycles. The van der Waals surface area contributed by atoms with Crippen LogP contribution in [0.15, 0.2) is 36.4 Å². The Hall–Kier alpha value is -2.76. The maximum Gasteiger partial charge on any atom is 0.335 e. The predicted molar refractivity (Wildman–Crippen MR) is 64.1 cm³/mol. The Morgan fingerprint density at radius 1 is 1.17 bits per heavy atom. The number of aromatic amines is 1. The lowest BCUT2D eigenvalue weighted by atomic mass is 10.1. The van der Waals surface area contributed by atoms with E-state index >= 15 is 0 Å². The normalized spacial score (nSPS) is 10.7. The highest BCUT2D eigenvalue weighted by Crippen LogP contribution is 2.20. The molecule has 0 unspecified atom stereocenters. The summed E-state index contributed by atoms with van der Waals surface area (Å²) in [6.07, 6.45) is 0. The van der Waals surface area contributed by atoms with E-state index in [0.717, 1.165) is 5.56 Å². The molecule has 0 amide bonds. The van der Waals surface area contributed by atoms with Crippen LogP contribution in [0.1, 0.15) is 10.4 Å². The molecule has 0 fully saturated rings. The van der Waals surface area contributed by atoms with Gasteiger partial charge in [0.05, 0.1) is 11.3 Å². The Balaban J connectivity index is 2.13. The van der Waals surface area contributed by atoms with E-state index in [1.54, 1.807) is 36.4 Å². The predicted octanol–water partition coefficient (Wildman–Crippen LogP) is 1.72. The minimum Gasteiger partial charge on any atom is -0.478 e. The van der Waals surface area contributed by atoms with Crippen molar-refractivity contribution >= 4 is 17.1 Å². The van der Waals surface area contributed by atoms with Crippen LogP contribution in [0, 0.1) is 0 Å². The van der Waals surface area contributed by atoms with Gasteiger partial charge in [-0.15, -0.1) is 5.10 Å². The molecule has 0 saturated carbocycles. The Kier molecular flexibility index (Phi) is 2.26. The van der Waals surface area contributed by atoms with Gasteiger partial charge in [-0.25, -0.2) is 9.78 Å². The summed E-state index contributed by atoms with van der Waals surface area (Å²) in [6.45, 7) is 0. The first-order chi connectivity index (χ1) is 8.74. The maximum atomic E-state index is 10.9. The van der Waals surface area contributed by atoms with Crippen LogP contribution in [-0.2, 0) is 0 Å². The monoisotopic (exact) mass is 240 g/mol. The Morgan fingerprint density at radius 2 is 2.06 bits per heavy atom. The number of rotatable bonds is 2. The van der Waals surface area contributed by atoms with Crippen molar-refractivity contribution in [2.24, 2.45) is 0 Å². The molecule has 0 bridgehead atoms. The molecule has 0 spiro atoms. The van der Waals surface area contributed by atoms with Crippen molar-refractivity contribution in [1.29, 1.82) is 0 Å². The number of carboxylic acid groups (broad SMARTS) is 1. The molecule has 88 valence electrons. The largest absolute Gasteiger partial charge is 0.478 e. The molecule has 2 heterocycles. The standard InChI is InChI=1S/C12H8N4O2/c17-12(18)8-3-1-2-7(6-8)9-4-5-10-11(13-9)15-16-14-10/h1-6H,(H,17,18)(H,13,14,15,16). The first-order valence-corrected chi connectivity index (χ1v) is 5.25. The molecule has 6 heteroatoms. The third-order valence-corrected chi connectivity index (χ3v) is 2.59. The van der Waals surface area contributed by atoms with Crippen molar-refractivity contribution < 1.29 is 9.90 Å². The van der Waals surface area contributed by atoms with Crippen LogP contribution in [0.5, 0.6) is 0 Å². The third kappa shape index (κ3) is 1.69. The number of carboxylic acids is 1. The highest BCUT2D eigenvalue weighted by atomic mass is 16.4. The Morgan fingerprint density at radius 3 is 2.89 bits per heavy atom. The van der Waals surface area contributed by atoms with Crippen molar-refractivity contribution in [2.75, 3.05) is 0 Å². The van der Waals surface area contributed by atoms with Gasteiger partial charge in [-0.05, 0) is 24.3 Å². The van der Waals surface area contributed by atoms with Crippen LogP contribution < -0.4 is 0 Å². The lowest BCUT2D eigenvalue weighted by molar-refractivity contribution is 0.0697. The van der Waals surface area contributed by atoms with E-state index in [1.165, 1.54) is 0 Å². The van der Waals surface area contributed by atoms with E-state index in [4.69, 9.17) is 5.11 Å². The van der Waals surface area contributed by atoms with Crippen molar-refractivity contribution in [2.45, 2.75) is 0 Å². The number of nitrogens with one attached hydrogen (secondary N) is 1. The molecule has 18 heavy (non-hydrogen) atoms. The van der Waals surface area contributed by atoms with Gasteiger partial charge in [0, 0.05) is 5.56 Å². The molecule has 0 saturated heterocycles. The molecule has 3 aromatic rings.